The molecule has 0 radical (unpaired) electrons. The fourth-order valence-electron chi connectivity index (χ4n) is 2.57. The molecule has 2 N–H and O–H groups in total. The van der Waals surface area contributed by atoms with Crippen molar-refractivity contribution in [2.75, 3.05) is 6.54 Å². The molecule has 0 spiro atoms. The van der Waals surface area contributed by atoms with Crippen LogP contribution in [-0.4, -0.2) is 33.4 Å². The molecule has 1 heterocycles. The summed E-state index contributed by atoms with van der Waals surface area (Å²) in [4.78, 5) is 11.9. The van der Waals surface area contributed by atoms with Crippen molar-refractivity contribution >= 4 is 12.0 Å². The van der Waals surface area contributed by atoms with Crippen molar-refractivity contribution in [1.29, 1.82) is 0 Å². The number of carbonyl (C=O) groups excluding carboxylic acids is 1. The summed E-state index contributed by atoms with van der Waals surface area (Å²) in [6.07, 6.45) is 7.09. The highest BCUT2D eigenvalue weighted by atomic mass is 16.3. The molecule has 1 unspecified atom stereocenters. The Morgan fingerprint density at radius 3 is 2.75 bits per heavy atom. The van der Waals surface area contributed by atoms with Gasteiger partial charge in [-0.2, -0.15) is 5.10 Å². The Balaban J connectivity index is 1.89. The van der Waals surface area contributed by atoms with E-state index in [0.717, 1.165) is 11.3 Å². The van der Waals surface area contributed by atoms with Gasteiger partial charge in [-0.3, -0.25) is 4.79 Å². The molecule has 0 saturated carbocycles. The molecule has 1 atom stereocenters. The monoisotopic (exact) mass is 327 g/mol. The molecule has 1 aromatic heterocycles. The van der Waals surface area contributed by atoms with E-state index in [1.54, 1.807) is 23.9 Å². The zero-order valence-electron chi connectivity index (χ0n) is 14.4. The normalized spacial score (nSPS) is 13.2. The predicted molar refractivity (Wildman–Crippen MR) is 95.7 cm³/mol. The van der Waals surface area contributed by atoms with Gasteiger partial charge in [0.15, 0.2) is 0 Å². The third-order valence-corrected chi connectivity index (χ3v) is 3.64. The van der Waals surface area contributed by atoms with E-state index < -0.39 is 0 Å². The lowest BCUT2D eigenvalue weighted by molar-refractivity contribution is -0.117. The molecular formula is C19H25N3O2. The molecule has 1 amide bonds. The Bertz CT molecular complexity index is 688. The fraction of sp³-hybridized carbons (Fsp3) is 0.368. The van der Waals surface area contributed by atoms with Crippen LogP contribution in [0, 0.1) is 5.41 Å². The van der Waals surface area contributed by atoms with Gasteiger partial charge in [-0.15, -0.1) is 0 Å². The van der Waals surface area contributed by atoms with Crippen molar-refractivity contribution in [1.82, 2.24) is 15.1 Å². The third-order valence-electron chi connectivity index (χ3n) is 3.64. The summed E-state index contributed by atoms with van der Waals surface area (Å²) in [6, 6.07) is 9.80. The van der Waals surface area contributed by atoms with E-state index in [-0.39, 0.29) is 17.4 Å². The topological polar surface area (TPSA) is 67.2 Å². The first kappa shape index (κ1) is 17.9. The van der Waals surface area contributed by atoms with Crippen LogP contribution in [0.15, 0.2) is 48.8 Å². The highest BCUT2D eigenvalue weighted by molar-refractivity contribution is 5.91. The molecule has 5 nitrogen and oxygen atoms in total. The first-order valence-corrected chi connectivity index (χ1v) is 8.10. The number of hydrogen-bond donors (Lipinski definition) is 2. The largest absolute Gasteiger partial charge is 0.393 e. The molecule has 0 bridgehead atoms. The van der Waals surface area contributed by atoms with Crippen LogP contribution in [0.1, 0.15) is 32.8 Å². The lowest BCUT2D eigenvalue weighted by atomic mass is 9.87. The van der Waals surface area contributed by atoms with Crippen molar-refractivity contribution in [2.24, 2.45) is 5.41 Å². The second-order valence-electron chi connectivity index (χ2n) is 6.82. The minimum absolute atomic E-state index is 0.143. The van der Waals surface area contributed by atoms with Crippen LogP contribution in [-0.2, 0) is 4.79 Å². The summed E-state index contributed by atoms with van der Waals surface area (Å²) >= 11 is 0. The van der Waals surface area contributed by atoms with Gasteiger partial charge in [0.05, 0.1) is 18.0 Å². The zero-order chi connectivity index (χ0) is 17.6. The van der Waals surface area contributed by atoms with Crippen molar-refractivity contribution in [3.05, 3.63) is 54.4 Å². The smallest absolute Gasteiger partial charge is 0.244 e. The molecule has 5 heteroatoms. The van der Waals surface area contributed by atoms with E-state index in [1.807, 2.05) is 50.4 Å². The summed E-state index contributed by atoms with van der Waals surface area (Å²) in [7, 11) is 0. The number of aromatic nitrogens is 2. The molecule has 24 heavy (non-hydrogen) atoms. The zero-order valence-corrected chi connectivity index (χ0v) is 14.4. The van der Waals surface area contributed by atoms with Gasteiger partial charge in [0.25, 0.3) is 0 Å². The first-order valence-electron chi connectivity index (χ1n) is 8.10. The molecule has 128 valence electrons. The molecule has 2 rings (SSSR count). The average Bonchev–Trinajstić information content (AvgIpc) is 3.00. The summed E-state index contributed by atoms with van der Waals surface area (Å²) in [6.45, 7) is 6.32. The van der Waals surface area contributed by atoms with E-state index in [9.17, 15) is 9.90 Å². The number of carbonyl (C=O) groups is 1. The molecule has 0 aliphatic heterocycles. The number of nitrogens with one attached hydrogen (secondary N) is 1. The highest BCUT2D eigenvalue weighted by Gasteiger charge is 2.20. The van der Waals surface area contributed by atoms with Gasteiger partial charge in [0.1, 0.15) is 0 Å². The summed E-state index contributed by atoms with van der Waals surface area (Å²) < 4.78 is 1.77. The SMILES string of the molecule is CC(O)CC(C)(C)CNC(=O)C=Cc1cnn(-c2ccccc2)c1. The Kier molecular flexibility index (Phi) is 5.93. The maximum Gasteiger partial charge on any atom is 0.244 e. The van der Waals surface area contributed by atoms with Gasteiger partial charge in [-0.25, -0.2) is 4.68 Å². The van der Waals surface area contributed by atoms with Crippen molar-refractivity contribution in [3.8, 4) is 5.69 Å². The van der Waals surface area contributed by atoms with Crippen LogP contribution in [0.2, 0.25) is 0 Å². The standard InChI is InChI=1S/C19H25N3O2/c1-15(23)11-19(2,3)14-20-18(24)10-9-16-12-21-22(13-16)17-7-5-4-6-8-17/h4-10,12-13,15,23H,11,14H2,1-3H3,(H,20,24). The second kappa shape index (κ2) is 7.93. The summed E-state index contributed by atoms with van der Waals surface area (Å²) in [5.74, 6) is -0.152. The van der Waals surface area contributed by atoms with E-state index >= 15 is 0 Å². The fourth-order valence-corrected chi connectivity index (χ4v) is 2.57. The van der Waals surface area contributed by atoms with Crippen LogP contribution in [0.3, 0.4) is 0 Å². The Labute approximate surface area is 143 Å². The number of hydrogen-bond acceptors (Lipinski definition) is 3. The minimum atomic E-state index is -0.378. The molecule has 0 aliphatic carbocycles. The van der Waals surface area contributed by atoms with Gasteiger partial charge >= 0.3 is 0 Å². The van der Waals surface area contributed by atoms with E-state index in [1.165, 1.54) is 6.08 Å². The Morgan fingerprint density at radius 1 is 1.38 bits per heavy atom. The minimum Gasteiger partial charge on any atom is -0.393 e. The predicted octanol–water partition coefficient (Wildman–Crippen LogP) is 2.80. The number of aliphatic hydroxyl groups excluding tert-OH is 1. The molecule has 2 aromatic rings. The number of nitrogens with zero attached hydrogens (tertiary/aromatic N) is 2. The van der Waals surface area contributed by atoms with Gasteiger partial charge in [-0.1, -0.05) is 32.0 Å². The van der Waals surface area contributed by atoms with Crippen LogP contribution in [0.5, 0.6) is 0 Å². The number of aliphatic hydroxyl groups is 1. The van der Waals surface area contributed by atoms with Crippen LogP contribution in [0.25, 0.3) is 11.8 Å². The molecular weight excluding hydrogens is 302 g/mol. The highest BCUT2D eigenvalue weighted by Crippen LogP contribution is 2.21. The molecule has 0 fully saturated rings. The maximum absolute atomic E-state index is 11.9. The van der Waals surface area contributed by atoms with E-state index in [0.29, 0.717) is 13.0 Å². The Morgan fingerprint density at radius 2 is 2.08 bits per heavy atom. The Hall–Kier alpha value is -2.40. The van der Waals surface area contributed by atoms with Crippen LogP contribution >= 0.6 is 0 Å². The van der Waals surface area contributed by atoms with Gasteiger partial charge < -0.3 is 10.4 Å². The quantitative estimate of drug-likeness (QED) is 0.769. The van der Waals surface area contributed by atoms with Gasteiger partial charge in [0, 0.05) is 24.4 Å². The molecule has 0 saturated heterocycles. The molecule has 0 aliphatic rings. The van der Waals surface area contributed by atoms with Crippen molar-refractivity contribution in [2.45, 2.75) is 33.3 Å². The van der Waals surface area contributed by atoms with Crippen molar-refractivity contribution < 1.29 is 9.90 Å². The van der Waals surface area contributed by atoms with Crippen molar-refractivity contribution in [3.63, 3.8) is 0 Å². The maximum atomic E-state index is 11.9. The number of benzene rings is 1. The van der Waals surface area contributed by atoms with Crippen LogP contribution < -0.4 is 5.32 Å². The van der Waals surface area contributed by atoms with Crippen LogP contribution in [0.4, 0.5) is 0 Å². The lowest BCUT2D eigenvalue weighted by Crippen LogP contribution is -2.34. The summed E-state index contributed by atoms with van der Waals surface area (Å²) in [5.41, 5.74) is 1.69. The number of para-hydroxylation sites is 1. The third kappa shape index (κ3) is 5.66. The summed E-state index contributed by atoms with van der Waals surface area (Å²) in [5, 5.41) is 16.6. The second-order valence-corrected chi connectivity index (χ2v) is 6.82. The van der Waals surface area contributed by atoms with E-state index in [4.69, 9.17) is 0 Å². The average molecular weight is 327 g/mol. The first-order chi connectivity index (χ1) is 11.4. The lowest BCUT2D eigenvalue weighted by Gasteiger charge is -2.26. The van der Waals surface area contributed by atoms with E-state index in [2.05, 4.69) is 10.4 Å². The number of rotatable bonds is 7. The number of amides is 1. The molecule has 1 aromatic carbocycles. The van der Waals surface area contributed by atoms with Gasteiger partial charge in [-0.05, 0) is 37.0 Å². The van der Waals surface area contributed by atoms with Gasteiger partial charge in [0.2, 0.25) is 5.91 Å².